The minimum Gasteiger partial charge on any atom is -0.466 e. The lowest BCUT2D eigenvalue weighted by Crippen LogP contribution is -2.20. The van der Waals surface area contributed by atoms with Gasteiger partial charge < -0.3 is 30.1 Å². The molecule has 0 saturated carbocycles. The van der Waals surface area contributed by atoms with Gasteiger partial charge >= 0.3 is 0 Å². The topological polar surface area (TPSA) is 326 Å². The van der Waals surface area contributed by atoms with E-state index in [9.17, 15) is 61.5 Å². The van der Waals surface area contributed by atoms with E-state index in [4.69, 9.17) is 8.83 Å². The van der Waals surface area contributed by atoms with Crippen molar-refractivity contribution in [3.05, 3.63) is 155 Å². The maximum atomic E-state index is 13.0. The van der Waals surface area contributed by atoms with Gasteiger partial charge in [-0.1, -0.05) is 24.3 Å². The van der Waals surface area contributed by atoms with E-state index in [1.807, 2.05) is 0 Å². The Bertz CT molecular complexity index is 2890. The largest absolute Gasteiger partial charge is 0.466 e. The highest BCUT2D eigenvalue weighted by molar-refractivity contribution is 7.86. The summed E-state index contributed by atoms with van der Waals surface area (Å²) in [5.74, 6) is -1.68. The lowest BCUT2D eigenvalue weighted by Gasteiger charge is -2.15. The third-order valence-corrected chi connectivity index (χ3v) is 12.3. The van der Waals surface area contributed by atoms with E-state index in [-0.39, 0.29) is 56.5 Å². The summed E-state index contributed by atoms with van der Waals surface area (Å²) >= 11 is 0. The molecule has 0 bridgehead atoms. The highest BCUT2D eigenvalue weighted by Gasteiger charge is 2.29. The van der Waals surface area contributed by atoms with Crippen LogP contribution in [0.5, 0.6) is 0 Å². The Morgan fingerprint density at radius 2 is 0.823 bits per heavy atom. The van der Waals surface area contributed by atoms with Gasteiger partial charge in [-0.15, -0.1) is 0 Å². The predicted molar refractivity (Wildman–Crippen MR) is 223 cm³/mol. The Labute approximate surface area is 353 Å². The van der Waals surface area contributed by atoms with E-state index in [1.54, 1.807) is 0 Å². The Kier molecular flexibility index (Phi) is 12.9. The van der Waals surface area contributed by atoms with Crippen LogP contribution in [0.3, 0.4) is 0 Å². The molecule has 0 aliphatic rings. The van der Waals surface area contributed by atoms with Crippen LogP contribution in [0.15, 0.2) is 140 Å². The average molecular weight is 929 g/mol. The SMILES string of the molecule is O=C(Nc1ccc(/C=C/c2ccc(NC(=O)c3ccc(NC(c4ccco4)S(=O)(=O)O)cc3)cc2S(=O)(=O)O)c(S(=O)(=O)O)c1)c1ccc(NC(c2ccco2)S(=O)(=O)O)cc1. The fourth-order valence-corrected chi connectivity index (χ4v) is 8.58. The molecule has 2 atom stereocenters. The number of carbonyl (C=O) groups excluding carboxylic acids is 2. The quantitative estimate of drug-likeness (QED) is 0.0405. The number of rotatable bonds is 16. The Balaban J connectivity index is 1.16. The van der Waals surface area contributed by atoms with Crippen molar-refractivity contribution >= 4 is 87.2 Å². The highest BCUT2D eigenvalue weighted by Crippen LogP contribution is 2.29. The van der Waals surface area contributed by atoms with Crippen molar-refractivity contribution < 1.29 is 70.3 Å². The van der Waals surface area contributed by atoms with Crippen molar-refractivity contribution in [3.8, 4) is 0 Å². The van der Waals surface area contributed by atoms with Crippen LogP contribution in [-0.4, -0.2) is 63.7 Å². The number of benzene rings is 4. The summed E-state index contributed by atoms with van der Waals surface area (Å²) in [6.07, 6.45) is 4.65. The summed E-state index contributed by atoms with van der Waals surface area (Å²) < 4.78 is 147. The molecule has 324 valence electrons. The third-order valence-electron chi connectivity index (χ3n) is 8.63. The Hall–Kier alpha value is -6.64. The summed E-state index contributed by atoms with van der Waals surface area (Å²) in [5, 5.41) is 6.80. The fraction of sp³-hybridized carbons (Fsp3) is 0.0526. The number of hydrogen-bond donors (Lipinski definition) is 8. The zero-order chi connectivity index (χ0) is 45.0. The van der Waals surface area contributed by atoms with Crippen LogP contribution in [-0.2, 0) is 40.5 Å². The molecule has 0 saturated heterocycles. The molecule has 0 spiro atoms. The first-order valence-electron chi connectivity index (χ1n) is 17.3. The molecule has 0 aliphatic carbocycles. The summed E-state index contributed by atoms with van der Waals surface area (Å²) in [4.78, 5) is 24.6. The molecule has 24 heteroatoms. The molecule has 2 aromatic heterocycles. The van der Waals surface area contributed by atoms with E-state index >= 15 is 0 Å². The van der Waals surface area contributed by atoms with Crippen LogP contribution >= 0.6 is 0 Å². The molecule has 4 aromatic carbocycles. The number of nitrogens with one attached hydrogen (secondary N) is 4. The van der Waals surface area contributed by atoms with Crippen molar-refractivity contribution in [2.24, 2.45) is 0 Å². The van der Waals surface area contributed by atoms with Crippen LogP contribution < -0.4 is 21.3 Å². The predicted octanol–water partition coefficient (Wildman–Crippen LogP) is 6.04. The summed E-state index contributed by atoms with van der Waals surface area (Å²) in [7, 11) is -19.3. The number of anilines is 4. The number of hydrogen-bond acceptors (Lipinski definition) is 14. The molecule has 0 radical (unpaired) electrons. The van der Waals surface area contributed by atoms with Crippen LogP contribution in [0, 0.1) is 0 Å². The molecule has 62 heavy (non-hydrogen) atoms. The Morgan fingerprint density at radius 3 is 1.11 bits per heavy atom. The van der Waals surface area contributed by atoms with Crippen LogP contribution in [0.25, 0.3) is 12.2 Å². The molecule has 6 rings (SSSR count). The van der Waals surface area contributed by atoms with Gasteiger partial charge in [0.25, 0.3) is 52.3 Å². The van der Waals surface area contributed by atoms with Crippen LogP contribution in [0.1, 0.15) is 54.1 Å². The van der Waals surface area contributed by atoms with Gasteiger partial charge in [-0.2, -0.15) is 33.7 Å². The normalized spacial score (nSPS) is 13.3. The minimum atomic E-state index is -4.97. The van der Waals surface area contributed by atoms with Crippen LogP contribution in [0.2, 0.25) is 0 Å². The number of furan rings is 2. The first-order valence-corrected chi connectivity index (χ1v) is 23.2. The van der Waals surface area contributed by atoms with E-state index in [0.717, 1.165) is 24.3 Å². The summed E-state index contributed by atoms with van der Waals surface area (Å²) in [6, 6.07) is 22.9. The smallest absolute Gasteiger partial charge is 0.295 e. The summed E-state index contributed by atoms with van der Waals surface area (Å²) in [6.45, 7) is 0. The molecule has 0 aliphatic heterocycles. The molecular weight excluding hydrogens is 897 g/mol. The molecule has 2 unspecified atom stereocenters. The second-order valence-electron chi connectivity index (χ2n) is 13.0. The molecule has 0 fully saturated rings. The zero-order valence-corrected chi connectivity index (χ0v) is 34.4. The average Bonchev–Trinajstić information content (AvgIpc) is 3.93. The third kappa shape index (κ3) is 11.2. The van der Waals surface area contributed by atoms with Gasteiger partial charge in [-0.25, -0.2) is 0 Å². The van der Waals surface area contributed by atoms with Gasteiger partial charge in [0, 0.05) is 33.9 Å². The second-order valence-corrected chi connectivity index (χ2v) is 18.7. The number of amides is 2. The van der Waals surface area contributed by atoms with Gasteiger partial charge in [-0.05, 0) is 108 Å². The van der Waals surface area contributed by atoms with Crippen LogP contribution in [0.4, 0.5) is 22.7 Å². The fourth-order valence-electron chi connectivity index (χ4n) is 5.74. The molecule has 6 aromatic rings. The van der Waals surface area contributed by atoms with Crippen molar-refractivity contribution in [1.82, 2.24) is 0 Å². The summed E-state index contributed by atoms with van der Waals surface area (Å²) in [5.41, 5.74) is -0.0858. The van der Waals surface area contributed by atoms with Gasteiger partial charge in [0.1, 0.15) is 21.3 Å². The van der Waals surface area contributed by atoms with E-state index in [2.05, 4.69) is 21.3 Å². The first kappa shape index (κ1) is 44.9. The second kappa shape index (κ2) is 17.8. The lowest BCUT2D eigenvalue weighted by molar-refractivity contribution is 0.101. The molecule has 2 amide bonds. The Morgan fingerprint density at radius 1 is 0.484 bits per heavy atom. The van der Waals surface area contributed by atoms with Gasteiger partial charge in [0.2, 0.25) is 10.7 Å². The molecule has 8 N–H and O–H groups in total. The van der Waals surface area contributed by atoms with E-state index in [0.29, 0.717) is 0 Å². The first-order chi connectivity index (χ1) is 29.1. The van der Waals surface area contributed by atoms with Crippen molar-refractivity contribution in [1.29, 1.82) is 0 Å². The highest BCUT2D eigenvalue weighted by atomic mass is 32.2. The molecule has 2 heterocycles. The molecule has 20 nitrogen and oxygen atoms in total. The standard InChI is InChI=1S/C38H32N4O16S4/c43-35(25-9-13-27(14-10-25)41-37(61(51,52)53)31-3-1-19-57-31)39-29-17-7-23(33(21-29)59(45,46)47)5-6-24-8-18-30(22-34(24)60(48,49)50)40-36(44)26-11-15-28(16-12-26)42-38(62(54,55)56)32-4-2-20-58-32/h1-22,37-38,41-42H,(H,39,43)(H,40,44)(H,45,46,47)(H,48,49,50)(H,51,52,53)(H,54,55,56)/b6-5+. The van der Waals surface area contributed by atoms with Gasteiger partial charge in [0.15, 0.2) is 0 Å². The monoisotopic (exact) mass is 928 g/mol. The van der Waals surface area contributed by atoms with Crippen molar-refractivity contribution in [2.45, 2.75) is 20.5 Å². The maximum absolute atomic E-state index is 13.0. The minimum absolute atomic E-state index is 0.0374. The van der Waals surface area contributed by atoms with E-state index in [1.165, 1.54) is 110 Å². The molecular formula is C38H32N4O16S4. The van der Waals surface area contributed by atoms with Gasteiger partial charge in [-0.3, -0.25) is 27.8 Å². The number of carbonyl (C=O) groups is 2. The lowest BCUT2D eigenvalue weighted by atomic mass is 10.1. The maximum Gasteiger partial charge on any atom is 0.295 e. The van der Waals surface area contributed by atoms with Crippen molar-refractivity contribution in [2.75, 3.05) is 21.3 Å². The van der Waals surface area contributed by atoms with Gasteiger partial charge in [0.05, 0.1) is 12.5 Å². The van der Waals surface area contributed by atoms with E-state index < -0.39 is 72.8 Å². The zero-order valence-electron chi connectivity index (χ0n) is 31.2. The van der Waals surface area contributed by atoms with Crippen molar-refractivity contribution in [3.63, 3.8) is 0 Å².